The van der Waals surface area contributed by atoms with E-state index in [1.807, 2.05) is 18.2 Å². The zero-order valence-electron chi connectivity index (χ0n) is 12.3. The standard InChI is InChI=1S/C14H21N3O2S/c1-10(2)9-19-12-6-5-11(7-13(12)18-4)8-16-17-14(20)15-3/h5-8,10H,9H2,1-4H3,(H2,15,17,20)/b16-8-. The van der Waals surface area contributed by atoms with E-state index in [-0.39, 0.29) is 0 Å². The average molecular weight is 295 g/mol. The van der Waals surface area contributed by atoms with Crippen molar-refractivity contribution < 1.29 is 9.47 Å². The van der Waals surface area contributed by atoms with Crippen LogP contribution in [0, 0.1) is 5.92 Å². The molecule has 0 amide bonds. The first-order valence-electron chi connectivity index (χ1n) is 6.38. The summed E-state index contributed by atoms with van der Waals surface area (Å²) in [6, 6.07) is 5.65. The highest BCUT2D eigenvalue weighted by Gasteiger charge is 2.06. The SMILES string of the molecule is CNC(=S)N/N=C\c1ccc(OCC(C)C)c(OC)c1. The van der Waals surface area contributed by atoms with E-state index in [1.165, 1.54) is 0 Å². The largest absolute Gasteiger partial charge is 0.493 e. The van der Waals surface area contributed by atoms with Crippen LogP contribution in [0.3, 0.4) is 0 Å². The van der Waals surface area contributed by atoms with Crippen molar-refractivity contribution in [1.82, 2.24) is 10.7 Å². The van der Waals surface area contributed by atoms with Crippen LogP contribution in [-0.4, -0.2) is 32.1 Å². The lowest BCUT2D eigenvalue weighted by atomic mass is 10.2. The van der Waals surface area contributed by atoms with E-state index in [0.29, 0.717) is 23.4 Å². The topological polar surface area (TPSA) is 54.9 Å². The van der Waals surface area contributed by atoms with Crippen LogP contribution in [0.5, 0.6) is 11.5 Å². The van der Waals surface area contributed by atoms with E-state index in [1.54, 1.807) is 20.4 Å². The summed E-state index contributed by atoms with van der Waals surface area (Å²) in [4.78, 5) is 0. The van der Waals surface area contributed by atoms with E-state index >= 15 is 0 Å². The Morgan fingerprint density at radius 3 is 2.75 bits per heavy atom. The van der Waals surface area contributed by atoms with Crippen LogP contribution in [-0.2, 0) is 0 Å². The summed E-state index contributed by atoms with van der Waals surface area (Å²) in [7, 11) is 3.35. The van der Waals surface area contributed by atoms with Crippen molar-refractivity contribution >= 4 is 23.5 Å². The molecule has 0 unspecified atom stereocenters. The number of thiocarbonyl (C=S) groups is 1. The van der Waals surface area contributed by atoms with Crippen molar-refractivity contribution in [2.75, 3.05) is 20.8 Å². The number of hydrogen-bond donors (Lipinski definition) is 2. The third-order valence-corrected chi connectivity index (χ3v) is 2.66. The molecular weight excluding hydrogens is 274 g/mol. The lowest BCUT2D eigenvalue weighted by Gasteiger charge is -2.12. The molecule has 0 aliphatic rings. The summed E-state index contributed by atoms with van der Waals surface area (Å²) in [5.41, 5.74) is 3.58. The summed E-state index contributed by atoms with van der Waals surface area (Å²) < 4.78 is 11.0. The summed E-state index contributed by atoms with van der Waals surface area (Å²) in [6.45, 7) is 4.86. The fraction of sp³-hybridized carbons (Fsp3) is 0.429. The van der Waals surface area contributed by atoms with Gasteiger partial charge >= 0.3 is 0 Å². The molecule has 0 radical (unpaired) electrons. The van der Waals surface area contributed by atoms with Gasteiger partial charge in [-0.3, -0.25) is 5.43 Å². The highest BCUT2D eigenvalue weighted by Crippen LogP contribution is 2.27. The van der Waals surface area contributed by atoms with Crippen LogP contribution >= 0.6 is 12.2 Å². The first-order valence-corrected chi connectivity index (χ1v) is 6.79. The number of rotatable bonds is 6. The Bertz CT molecular complexity index is 475. The number of hydrazone groups is 1. The number of ether oxygens (including phenoxy) is 2. The Labute approximate surface area is 125 Å². The number of methoxy groups -OCH3 is 1. The number of hydrogen-bond acceptors (Lipinski definition) is 4. The Morgan fingerprint density at radius 2 is 2.15 bits per heavy atom. The highest BCUT2D eigenvalue weighted by molar-refractivity contribution is 7.80. The van der Waals surface area contributed by atoms with Crippen LogP contribution in [0.1, 0.15) is 19.4 Å². The van der Waals surface area contributed by atoms with Crippen molar-refractivity contribution in [3.05, 3.63) is 23.8 Å². The Balaban J connectivity index is 2.73. The molecule has 1 rings (SSSR count). The van der Waals surface area contributed by atoms with Crippen LogP contribution in [0.25, 0.3) is 0 Å². The molecule has 0 atom stereocenters. The van der Waals surface area contributed by atoms with Gasteiger partial charge in [0.15, 0.2) is 16.6 Å². The van der Waals surface area contributed by atoms with Gasteiger partial charge in [0, 0.05) is 7.05 Å². The number of nitrogens with zero attached hydrogens (tertiary/aromatic N) is 1. The predicted octanol–water partition coefficient (Wildman–Crippen LogP) is 2.16. The summed E-state index contributed by atoms with van der Waals surface area (Å²) in [5.74, 6) is 1.88. The van der Waals surface area contributed by atoms with Gasteiger partial charge in [-0.25, -0.2) is 0 Å². The molecule has 0 aliphatic carbocycles. The first kappa shape index (κ1) is 16.2. The van der Waals surface area contributed by atoms with Gasteiger partial charge in [0.1, 0.15) is 0 Å². The Kier molecular flexibility index (Phi) is 6.79. The molecule has 0 fully saturated rings. The maximum absolute atomic E-state index is 5.69. The van der Waals surface area contributed by atoms with E-state index in [9.17, 15) is 0 Å². The average Bonchev–Trinajstić information content (AvgIpc) is 2.45. The summed E-state index contributed by atoms with van der Waals surface area (Å²) in [5, 5.41) is 7.25. The molecule has 1 aromatic rings. The third-order valence-electron chi connectivity index (χ3n) is 2.37. The minimum absolute atomic E-state index is 0.463. The molecular formula is C14H21N3O2S. The second-order valence-corrected chi connectivity index (χ2v) is 4.97. The lowest BCUT2D eigenvalue weighted by molar-refractivity contribution is 0.257. The van der Waals surface area contributed by atoms with Gasteiger partial charge in [-0.15, -0.1) is 0 Å². The van der Waals surface area contributed by atoms with Gasteiger partial charge < -0.3 is 14.8 Å². The first-order chi connectivity index (χ1) is 9.56. The van der Waals surface area contributed by atoms with Gasteiger partial charge in [-0.1, -0.05) is 13.8 Å². The van der Waals surface area contributed by atoms with Crippen molar-refractivity contribution in [2.24, 2.45) is 11.0 Å². The minimum atomic E-state index is 0.463. The van der Waals surface area contributed by atoms with Crippen molar-refractivity contribution in [2.45, 2.75) is 13.8 Å². The highest BCUT2D eigenvalue weighted by atomic mass is 32.1. The zero-order chi connectivity index (χ0) is 15.0. The smallest absolute Gasteiger partial charge is 0.186 e. The van der Waals surface area contributed by atoms with Gasteiger partial charge in [0.2, 0.25) is 0 Å². The molecule has 1 aromatic carbocycles. The molecule has 5 nitrogen and oxygen atoms in total. The van der Waals surface area contributed by atoms with Crippen molar-refractivity contribution in [3.8, 4) is 11.5 Å². The summed E-state index contributed by atoms with van der Waals surface area (Å²) in [6.07, 6.45) is 1.67. The molecule has 0 aliphatic heterocycles. The molecule has 0 bridgehead atoms. The molecule has 0 aromatic heterocycles. The normalized spacial score (nSPS) is 10.7. The predicted molar refractivity (Wildman–Crippen MR) is 85.7 cm³/mol. The van der Waals surface area contributed by atoms with E-state index in [2.05, 4.69) is 29.7 Å². The maximum atomic E-state index is 5.69. The maximum Gasteiger partial charge on any atom is 0.186 e. The van der Waals surface area contributed by atoms with E-state index < -0.39 is 0 Å². The molecule has 0 saturated heterocycles. The molecule has 0 saturated carbocycles. The number of benzene rings is 1. The minimum Gasteiger partial charge on any atom is -0.493 e. The molecule has 2 N–H and O–H groups in total. The van der Waals surface area contributed by atoms with Crippen LogP contribution < -0.4 is 20.2 Å². The van der Waals surface area contributed by atoms with Gasteiger partial charge in [0.25, 0.3) is 0 Å². The molecule has 20 heavy (non-hydrogen) atoms. The van der Waals surface area contributed by atoms with Crippen LogP contribution in [0.15, 0.2) is 23.3 Å². The second kappa shape index (κ2) is 8.37. The van der Waals surface area contributed by atoms with Crippen molar-refractivity contribution in [1.29, 1.82) is 0 Å². The van der Waals surface area contributed by atoms with Crippen LogP contribution in [0.4, 0.5) is 0 Å². The lowest BCUT2D eigenvalue weighted by Crippen LogP contribution is -2.28. The fourth-order valence-corrected chi connectivity index (χ4v) is 1.41. The summed E-state index contributed by atoms with van der Waals surface area (Å²) >= 11 is 4.92. The quantitative estimate of drug-likeness (QED) is 0.478. The van der Waals surface area contributed by atoms with E-state index in [0.717, 1.165) is 11.3 Å². The molecule has 0 spiro atoms. The fourth-order valence-electron chi connectivity index (χ4n) is 1.36. The van der Waals surface area contributed by atoms with Gasteiger partial charge in [-0.05, 0) is 41.9 Å². The van der Waals surface area contributed by atoms with E-state index in [4.69, 9.17) is 21.7 Å². The van der Waals surface area contributed by atoms with Gasteiger partial charge in [0.05, 0.1) is 19.9 Å². The monoisotopic (exact) mass is 295 g/mol. The van der Waals surface area contributed by atoms with Crippen LogP contribution in [0.2, 0.25) is 0 Å². The molecule has 110 valence electrons. The van der Waals surface area contributed by atoms with Gasteiger partial charge in [-0.2, -0.15) is 5.10 Å². The Hall–Kier alpha value is -1.82. The van der Waals surface area contributed by atoms with Crippen molar-refractivity contribution in [3.63, 3.8) is 0 Å². The third kappa shape index (κ3) is 5.44. The Morgan fingerprint density at radius 1 is 1.40 bits per heavy atom. The number of nitrogens with one attached hydrogen (secondary N) is 2. The molecule has 6 heteroatoms. The second-order valence-electron chi connectivity index (χ2n) is 4.56. The zero-order valence-corrected chi connectivity index (χ0v) is 13.1. The molecule has 0 heterocycles.